The first kappa shape index (κ1) is 23.3. The molecule has 0 aromatic rings. The van der Waals surface area contributed by atoms with Crippen molar-refractivity contribution in [1.82, 2.24) is 0 Å². The van der Waals surface area contributed by atoms with Crippen LogP contribution in [0.25, 0.3) is 0 Å². The van der Waals surface area contributed by atoms with E-state index in [1.807, 2.05) is 20.8 Å². The van der Waals surface area contributed by atoms with E-state index in [4.69, 9.17) is 4.74 Å². The molecule has 0 saturated heterocycles. The van der Waals surface area contributed by atoms with Gasteiger partial charge in [0.1, 0.15) is 18.0 Å². The van der Waals surface area contributed by atoms with Crippen LogP contribution in [0.4, 0.5) is 0 Å². The van der Waals surface area contributed by atoms with Gasteiger partial charge in [-0.15, -0.1) is 0 Å². The summed E-state index contributed by atoms with van der Waals surface area (Å²) in [4.78, 5) is 37.3. The molecule has 0 aromatic carbocycles. The smallest absolute Gasteiger partial charge is 0.310 e. The first-order chi connectivity index (χ1) is 15.0. The fourth-order valence-electron chi connectivity index (χ4n) is 7.51. The fraction of sp³-hybridized carbons (Fsp3) is 0.720. The van der Waals surface area contributed by atoms with E-state index in [1.54, 1.807) is 6.08 Å². The van der Waals surface area contributed by atoms with Crippen LogP contribution in [-0.2, 0) is 19.1 Å². The average Bonchev–Trinajstić information content (AvgIpc) is 2.99. The van der Waals surface area contributed by atoms with Crippen molar-refractivity contribution in [2.75, 3.05) is 6.61 Å². The maximum absolute atomic E-state index is 12.5. The molecule has 4 aliphatic carbocycles. The third kappa shape index (κ3) is 3.08. The Labute approximate surface area is 188 Å². The zero-order valence-corrected chi connectivity index (χ0v) is 19.1. The molecule has 7 nitrogen and oxygen atoms in total. The van der Waals surface area contributed by atoms with Crippen molar-refractivity contribution in [3.8, 4) is 0 Å². The van der Waals surface area contributed by atoms with Gasteiger partial charge in [-0.1, -0.05) is 19.4 Å². The van der Waals surface area contributed by atoms with Crippen LogP contribution in [-0.4, -0.2) is 51.2 Å². The highest BCUT2D eigenvalue weighted by molar-refractivity contribution is 6.02. The topological polar surface area (TPSA) is 121 Å². The molecule has 0 aliphatic heterocycles. The van der Waals surface area contributed by atoms with Gasteiger partial charge in [-0.3, -0.25) is 14.4 Å². The fourth-order valence-corrected chi connectivity index (χ4v) is 7.51. The van der Waals surface area contributed by atoms with E-state index < -0.39 is 40.9 Å². The van der Waals surface area contributed by atoms with Crippen LogP contribution in [0.1, 0.15) is 65.7 Å². The molecule has 32 heavy (non-hydrogen) atoms. The van der Waals surface area contributed by atoms with Gasteiger partial charge in [0.05, 0.1) is 11.5 Å². The second-order valence-corrected chi connectivity index (χ2v) is 10.5. The molecule has 0 heterocycles. The molecule has 0 aromatic heterocycles. The number of carbonyl (C=O) groups excluding carboxylic acids is 3. The Kier molecular flexibility index (Phi) is 5.75. The average molecular weight is 447 g/mol. The summed E-state index contributed by atoms with van der Waals surface area (Å²) < 4.78 is 5.72. The summed E-state index contributed by atoms with van der Waals surface area (Å²) in [6.07, 6.45) is 5.41. The van der Waals surface area contributed by atoms with Crippen LogP contribution in [0.3, 0.4) is 0 Å². The van der Waals surface area contributed by atoms with Gasteiger partial charge in [0.15, 0.2) is 11.6 Å². The molecule has 0 bridgehead atoms. The lowest BCUT2D eigenvalue weighted by Gasteiger charge is -2.60. The van der Waals surface area contributed by atoms with Crippen molar-refractivity contribution in [1.29, 1.82) is 0 Å². The molecule has 0 spiro atoms. The number of hydrogen-bond acceptors (Lipinski definition) is 7. The van der Waals surface area contributed by atoms with Gasteiger partial charge >= 0.3 is 5.97 Å². The summed E-state index contributed by atoms with van der Waals surface area (Å²) in [7, 11) is 0. The van der Waals surface area contributed by atoms with Gasteiger partial charge in [0.25, 0.3) is 0 Å². The van der Waals surface area contributed by atoms with Crippen LogP contribution in [0.2, 0.25) is 0 Å². The van der Waals surface area contributed by atoms with Gasteiger partial charge in [-0.2, -0.15) is 0 Å². The van der Waals surface area contributed by atoms with Crippen molar-refractivity contribution >= 4 is 17.5 Å². The lowest BCUT2D eigenvalue weighted by atomic mass is 9.45. The molecule has 3 saturated carbocycles. The molecule has 3 N–H and O–H groups in total. The summed E-state index contributed by atoms with van der Waals surface area (Å²) in [5.74, 6) is -1.25. The van der Waals surface area contributed by atoms with Crippen LogP contribution < -0.4 is 0 Å². The Morgan fingerprint density at radius 1 is 1.22 bits per heavy atom. The first-order valence-electron chi connectivity index (χ1n) is 11.8. The summed E-state index contributed by atoms with van der Waals surface area (Å²) in [5.41, 5.74) is -2.45. The summed E-state index contributed by atoms with van der Waals surface area (Å²) in [6.45, 7) is 4.95. The van der Waals surface area contributed by atoms with Crippen molar-refractivity contribution < 1.29 is 34.4 Å². The number of aliphatic hydroxyl groups is 3. The Bertz CT molecular complexity index is 904. The minimum atomic E-state index is -1.66. The number of carbonyl (C=O) groups is 3. The molecular formula is C25H34O7. The molecule has 4 aliphatic rings. The van der Waals surface area contributed by atoms with E-state index in [0.29, 0.717) is 25.0 Å². The summed E-state index contributed by atoms with van der Waals surface area (Å²) in [6, 6.07) is 0. The van der Waals surface area contributed by atoms with Crippen molar-refractivity contribution in [3.05, 3.63) is 23.5 Å². The van der Waals surface area contributed by atoms with Crippen LogP contribution >= 0.6 is 0 Å². The van der Waals surface area contributed by atoms with Gasteiger partial charge in [0, 0.05) is 23.8 Å². The number of Topliss-reactive ketones (excluding diaryl/α,β-unsaturated/α-hetero) is 1. The quantitative estimate of drug-likeness (QED) is 0.554. The number of ketones is 2. The van der Waals surface area contributed by atoms with Crippen LogP contribution in [0.5, 0.6) is 0 Å². The van der Waals surface area contributed by atoms with Gasteiger partial charge in [-0.25, -0.2) is 0 Å². The van der Waals surface area contributed by atoms with Crippen LogP contribution in [0, 0.1) is 28.6 Å². The SMILES string of the molecule is CCCC(=O)OC1=CC(=O)C=C2CCC3C(C(O)CC4(C)C3CCC4(O)C(=O)CO)C21C. The number of aliphatic hydroxyl groups excluding tert-OH is 2. The normalized spacial score (nSPS) is 42.9. The molecule has 7 atom stereocenters. The zero-order chi connectivity index (χ0) is 23.5. The highest BCUT2D eigenvalue weighted by atomic mass is 16.5. The standard InChI is InChI=1S/C25H34O7/c1-4-5-21(30)32-20-11-15(27)10-14-6-7-16-17-8-9-25(31,19(29)13-26)23(17,2)12-18(28)22(16)24(14,20)3/h10-11,16-18,22,26,28,31H,4-9,12-13H2,1-3H3. The number of esters is 1. The second kappa shape index (κ2) is 7.89. The second-order valence-electron chi connectivity index (χ2n) is 10.5. The zero-order valence-electron chi connectivity index (χ0n) is 19.1. The van der Waals surface area contributed by atoms with Gasteiger partial charge in [-0.05, 0) is 63.4 Å². The molecule has 0 amide bonds. The van der Waals surface area contributed by atoms with E-state index in [0.717, 1.165) is 12.0 Å². The summed E-state index contributed by atoms with van der Waals surface area (Å²) in [5, 5.41) is 32.3. The third-order valence-electron chi connectivity index (χ3n) is 9.07. The molecular weight excluding hydrogens is 412 g/mol. The third-order valence-corrected chi connectivity index (χ3v) is 9.07. The number of ether oxygens (including phenoxy) is 1. The Hall–Kier alpha value is -1.83. The Balaban J connectivity index is 1.74. The highest BCUT2D eigenvalue weighted by Crippen LogP contribution is 2.68. The lowest BCUT2D eigenvalue weighted by molar-refractivity contribution is -0.182. The van der Waals surface area contributed by atoms with E-state index in [2.05, 4.69) is 0 Å². The monoisotopic (exact) mass is 446 g/mol. The predicted octanol–water partition coefficient (Wildman–Crippen LogP) is 2.23. The maximum Gasteiger partial charge on any atom is 0.310 e. The summed E-state index contributed by atoms with van der Waals surface area (Å²) >= 11 is 0. The molecule has 176 valence electrons. The maximum atomic E-state index is 12.5. The highest BCUT2D eigenvalue weighted by Gasteiger charge is 2.69. The minimum absolute atomic E-state index is 0.0205. The predicted molar refractivity (Wildman–Crippen MR) is 115 cm³/mol. The van der Waals surface area contributed by atoms with Gasteiger partial charge in [0.2, 0.25) is 0 Å². The van der Waals surface area contributed by atoms with Crippen molar-refractivity contribution in [2.24, 2.45) is 28.6 Å². The van der Waals surface area contributed by atoms with Crippen molar-refractivity contribution in [3.63, 3.8) is 0 Å². The molecule has 7 unspecified atom stereocenters. The number of rotatable bonds is 5. The number of hydrogen-bond donors (Lipinski definition) is 3. The molecule has 3 fully saturated rings. The van der Waals surface area contributed by atoms with E-state index in [1.165, 1.54) is 6.08 Å². The minimum Gasteiger partial charge on any atom is -0.430 e. The number of fused-ring (bicyclic) bond motifs is 5. The molecule has 7 heteroatoms. The van der Waals surface area contributed by atoms with E-state index in [9.17, 15) is 29.7 Å². The Morgan fingerprint density at radius 3 is 2.59 bits per heavy atom. The molecule has 0 radical (unpaired) electrons. The van der Waals surface area contributed by atoms with Crippen molar-refractivity contribution in [2.45, 2.75) is 77.4 Å². The van der Waals surface area contributed by atoms with E-state index >= 15 is 0 Å². The van der Waals surface area contributed by atoms with Gasteiger partial charge < -0.3 is 20.1 Å². The van der Waals surface area contributed by atoms with E-state index in [-0.39, 0.29) is 42.8 Å². The number of allylic oxidation sites excluding steroid dienone is 3. The first-order valence-corrected chi connectivity index (χ1v) is 11.8. The Morgan fingerprint density at radius 2 is 1.94 bits per heavy atom. The lowest BCUT2D eigenvalue weighted by Crippen LogP contribution is -2.62. The van der Waals surface area contributed by atoms with Crippen LogP contribution in [0.15, 0.2) is 23.5 Å². The largest absolute Gasteiger partial charge is 0.430 e. The molecule has 4 rings (SSSR count).